The lowest BCUT2D eigenvalue weighted by Gasteiger charge is -2.27. The van der Waals surface area contributed by atoms with Crippen LogP contribution in [0.5, 0.6) is 0 Å². The van der Waals surface area contributed by atoms with Crippen LogP contribution in [-0.4, -0.2) is 53.1 Å². The first-order valence-corrected chi connectivity index (χ1v) is 11.0. The summed E-state index contributed by atoms with van der Waals surface area (Å²) in [6, 6.07) is 11.6. The molecule has 1 aromatic heterocycles. The second-order valence-corrected chi connectivity index (χ2v) is 8.07. The summed E-state index contributed by atoms with van der Waals surface area (Å²) in [5, 5.41) is 13.7. The highest BCUT2D eigenvalue weighted by Gasteiger charge is 2.16. The van der Waals surface area contributed by atoms with Gasteiger partial charge in [0.2, 0.25) is 11.8 Å². The highest BCUT2D eigenvalue weighted by atomic mass is 19.1. The number of hydrogen-bond acceptors (Lipinski definition) is 5. The maximum atomic E-state index is 14.3. The van der Waals surface area contributed by atoms with Gasteiger partial charge in [0.1, 0.15) is 5.82 Å². The largest absolute Gasteiger partial charge is 0.340 e. The van der Waals surface area contributed by atoms with Crippen LogP contribution in [0.3, 0.4) is 0 Å². The number of carbonyl (C=O) groups is 2. The fraction of sp³-hybridized carbons (Fsp3) is 0.333. The van der Waals surface area contributed by atoms with Crippen LogP contribution in [0.4, 0.5) is 10.1 Å². The van der Waals surface area contributed by atoms with E-state index in [0.29, 0.717) is 43.4 Å². The number of piperazine rings is 1. The van der Waals surface area contributed by atoms with Crippen LogP contribution in [0.1, 0.15) is 30.5 Å². The van der Waals surface area contributed by atoms with Crippen molar-refractivity contribution in [2.75, 3.05) is 31.5 Å². The molecule has 2 aromatic carbocycles. The molecule has 4 rings (SSSR count). The highest BCUT2D eigenvalue weighted by molar-refractivity contribution is 5.91. The first-order chi connectivity index (χ1) is 16.0. The Morgan fingerprint density at radius 1 is 1.06 bits per heavy atom. The van der Waals surface area contributed by atoms with Crippen LogP contribution in [0.15, 0.2) is 47.3 Å². The van der Waals surface area contributed by atoms with Crippen molar-refractivity contribution < 1.29 is 14.0 Å². The van der Waals surface area contributed by atoms with Crippen LogP contribution in [0.2, 0.25) is 0 Å². The molecule has 1 fully saturated rings. The van der Waals surface area contributed by atoms with Gasteiger partial charge in [0, 0.05) is 50.8 Å². The number of halogens is 1. The van der Waals surface area contributed by atoms with Gasteiger partial charge in [0.25, 0.3) is 5.56 Å². The van der Waals surface area contributed by atoms with E-state index in [0.717, 1.165) is 24.0 Å². The number of nitrogens with one attached hydrogen (secondary N) is 3. The molecular weight excluding hydrogens is 425 g/mol. The third-order valence-electron chi connectivity index (χ3n) is 5.72. The van der Waals surface area contributed by atoms with Crippen molar-refractivity contribution in [1.82, 2.24) is 20.4 Å². The van der Waals surface area contributed by atoms with Gasteiger partial charge < -0.3 is 15.5 Å². The SMILES string of the molecule is O=C(CCCC(=O)N1CCNCC1)Nc1cc(Cc2n[nH]c(=O)c3ccccc23)ccc1F. The zero-order chi connectivity index (χ0) is 23.2. The topological polar surface area (TPSA) is 107 Å². The molecule has 3 aromatic rings. The fourth-order valence-corrected chi connectivity index (χ4v) is 3.96. The summed E-state index contributed by atoms with van der Waals surface area (Å²) in [5.74, 6) is -0.840. The number of fused-ring (bicyclic) bond motifs is 1. The molecule has 0 spiro atoms. The lowest BCUT2D eigenvalue weighted by atomic mass is 10.0. The smallest absolute Gasteiger partial charge is 0.272 e. The summed E-state index contributed by atoms with van der Waals surface area (Å²) in [6.07, 6.45) is 1.19. The van der Waals surface area contributed by atoms with E-state index in [1.807, 2.05) is 12.1 Å². The number of H-pyrrole nitrogens is 1. The average molecular weight is 452 g/mol. The first kappa shape index (κ1) is 22.6. The normalized spacial score (nSPS) is 13.8. The van der Waals surface area contributed by atoms with Crippen molar-refractivity contribution in [2.45, 2.75) is 25.7 Å². The van der Waals surface area contributed by atoms with E-state index < -0.39 is 5.82 Å². The van der Waals surface area contributed by atoms with Crippen molar-refractivity contribution in [2.24, 2.45) is 0 Å². The number of hydrogen-bond donors (Lipinski definition) is 3. The number of aromatic amines is 1. The number of amides is 2. The summed E-state index contributed by atoms with van der Waals surface area (Å²) >= 11 is 0. The van der Waals surface area contributed by atoms with Gasteiger partial charge in [-0.25, -0.2) is 9.49 Å². The zero-order valence-electron chi connectivity index (χ0n) is 18.2. The molecule has 1 saturated heterocycles. The molecule has 3 N–H and O–H groups in total. The Hall–Kier alpha value is -3.59. The minimum atomic E-state index is -0.539. The van der Waals surface area contributed by atoms with E-state index >= 15 is 0 Å². The van der Waals surface area contributed by atoms with Crippen molar-refractivity contribution in [1.29, 1.82) is 0 Å². The van der Waals surface area contributed by atoms with E-state index in [9.17, 15) is 18.8 Å². The third kappa shape index (κ3) is 5.61. The molecule has 0 atom stereocenters. The Morgan fingerprint density at radius 3 is 2.61 bits per heavy atom. The van der Waals surface area contributed by atoms with E-state index in [1.54, 1.807) is 29.2 Å². The molecule has 2 heterocycles. The quantitative estimate of drug-likeness (QED) is 0.511. The predicted molar refractivity (Wildman–Crippen MR) is 124 cm³/mol. The molecule has 0 radical (unpaired) electrons. The minimum Gasteiger partial charge on any atom is -0.340 e. The van der Waals surface area contributed by atoms with Crippen LogP contribution in [0, 0.1) is 5.82 Å². The number of aromatic nitrogens is 2. The molecule has 33 heavy (non-hydrogen) atoms. The second-order valence-electron chi connectivity index (χ2n) is 8.07. The minimum absolute atomic E-state index is 0.0399. The van der Waals surface area contributed by atoms with Gasteiger partial charge in [0.05, 0.1) is 16.8 Å². The molecule has 172 valence electrons. The van der Waals surface area contributed by atoms with Crippen LogP contribution >= 0.6 is 0 Å². The van der Waals surface area contributed by atoms with Gasteiger partial charge in [-0.2, -0.15) is 5.10 Å². The van der Waals surface area contributed by atoms with E-state index in [2.05, 4.69) is 20.8 Å². The fourth-order valence-electron chi connectivity index (χ4n) is 3.96. The Morgan fingerprint density at radius 2 is 1.82 bits per heavy atom. The summed E-state index contributed by atoms with van der Waals surface area (Å²) < 4.78 is 14.3. The van der Waals surface area contributed by atoms with E-state index in [4.69, 9.17) is 0 Å². The molecule has 0 saturated carbocycles. The summed E-state index contributed by atoms with van der Waals surface area (Å²) in [5.41, 5.74) is 1.21. The van der Waals surface area contributed by atoms with Gasteiger partial charge >= 0.3 is 0 Å². The molecule has 2 amide bonds. The lowest BCUT2D eigenvalue weighted by Crippen LogP contribution is -2.46. The maximum absolute atomic E-state index is 14.3. The average Bonchev–Trinajstić information content (AvgIpc) is 2.83. The molecule has 9 heteroatoms. The highest BCUT2D eigenvalue weighted by Crippen LogP contribution is 2.21. The van der Waals surface area contributed by atoms with Gasteiger partial charge in [-0.15, -0.1) is 0 Å². The van der Waals surface area contributed by atoms with Gasteiger partial charge in [-0.3, -0.25) is 14.4 Å². The van der Waals surface area contributed by atoms with Crippen molar-refractivity contribution in [3.63, 3.8) is 0 Å². The Bertz CT molecular complexity index is 1220. The van der Waals surface area contributed by atoms with Crippen LogP contribution in [-0.2, 0) is 16.0 Å². The second kappa shape index (κ2) is 10.4. The Balaban J connectivity index is 1.37. The van der Waals surface area contributed by atoms with Crippen LogP contribution < -0.4 is 16.2 Å². The molecule has 0 aliphatic carbocycles. The first-order valence-electron chi connectivity index (χ1n) is 11.0. The standard InChI is InChI=1S/C24H26FN5O3/c25-19-9-8-16(14-20-17-4-1-2-5-18(17)24(33)29-28-20)15-21(19)27-22(31)6-3-7-23(32)30-12-10-26-11-13-30/h1-2,4-5,8-9,15,26H,3,6-7,10-14H2,(H,27,31)(H,29,33). The Kier molecular flexibility index (Phi) is 7.09. The molecule has 0 unspecified atom stereocenters. The van der Waals surface area contributed by atoms with Gasteiger partial charge in [0.15, 0.2) is 0 Å². The molecule has 0 bridgehead atoms. The van der Waals surface area contributed by atoms with Crippen molar-refractivity contribution in [3.05, 3.63) is 69.9 Å². The molecular formula is C24H26FN5O3. The summed E-state index contributed by atoms with van der Waals surface area (Å²) in [4.78, 5) is 38.3. The molecule has 1 aliphatic rings. The van der Waals surface area contributed by atoms with Gasteiger partial charge in [-0.05, 0) is 30.2 Å². The third-order valence-corrected chi connectivity index (χ3v) is 5.72. The lowest BCUT2D eigenvalue weighted by molar-refractivity contribution is -0.131. The molecule has 8 nitrogen and oxygen atoms in total. The maximum Gasteiger partial charge on any atom is 0.272 e. The van der Waals surface area contributed by atoms with Gasteiger partial charge in [-0.1, -0.05) is 24.3 Å². The van der Waals surface area contributed by atoms with Crippen molar-refractivity contribution in [3.8, 4) is 0 Å². The molecule has 1 aliphatic heterocycles. The number of rotatable bonds is 7. The predicted octanol–water partition coefficient (Wildman–Crippen LogP) is 2.19. The van der Waals surface area contributed by atoms with Crippen LogP contribution in [0.25, 0.3) is 10.8 Å². The monoisotopic (exact) mass is 451 g/mol. The summed E-state index contributed by atoms with van der Waals surface area (Å²) in [7, 11) is 0. The van der Waals surface area contributed by atoms with E-state index in [1.165, 1.54) is 6.07 Å². The number of benzene rings is 2. The van der Waals surface area contributed by atoms with Crippen molar-refractivity contribution >= 4 is 28.3 Å². The number of nitrogens with zero attached hydrogens (tertiary/aromatic N) is 2. The van der Waals surface area contributed by atoms with E-state index in [-0.39, 0.29) is 29.5 Å². The summed E-state index contributed by atoms with van der Waals surface area (Å²) in [6.45, 7) is 2.93. The number of anilines is 1. The number of carbonyl (C=O) groups excluding carboxylic acids is 2. The zero-order valence-corrected chi connectivity index (χ0v) is 18.2. The Labute approximate surface area is 190 Å².